The van der Waals surface area contributed by atoms with Gasteiger partial charge in [0, 0.05) is 10.0 Å². The minimum atomic E-state index is -1.62. The van der Waals surface area contributed by atoms with Crippen LogP contribution >= 0.6 is 15.9 Å². The van der Waals surface area contributed by atoms with Gasteiger partial charge in [-0.1, -0.05) is 15.9 Å². The number of aliphatic hydroxyl groups excluding tert-OH is 1. The molecule has 0 radical (unpaired) electrons. The number of halogens is 1. The Bertz CT molecular complexity index is 475. The van der Waals surface area contributed by atoms with Crippen LogP contribution in [0.1, 0.15) is 22.8 Å². The van der Waals surface area contributed by atoms with Gasteiger partial charge < -0.3 is 15.5 Å². The van der Waals surface area contributed by atoms with Crippen LogP contribution in [0.4, 0.5) is 0 Å². The number of carboxylic acid groups (broad SMARTS) is 1. The van der Waals surface area contributed by atoms with Crippen LogP contribution in [-0.2, 0) is 4.79 Å². The van der Waals surface area contributed by atoms with Gasteiger partial charge in [-0.25, -0.2) is 4.79 Å². The van der Waals surface area contributed by atoms with E-state index in [1.165, 1.54) is 6.92 Å². The van der Waals surface area contributed by atoms with Crippen LogP contribution in [0.5, 0.6) is 0 Å². The number of rotatable bonds is 4. The molecular weight excluding hydrogens is 302 g/mol. The lowest BCUT2D eigenvalue weighted by Gasteiger charge is -2.17. The molecule has 1 aromatic rings. The number of amides is 1. The molecule has 1 aromatic carbocycles. The van der Waals surface area contributed by atoms with Crippen molar-refractivity contribution in [2.24, 2.45) is 0 Å². The topological polar surface area (TPSA) is 86.6 Å². The highest BCUT2D eigenvalue weighted by atomic mass is 79.9. The van der Waals surface area contributed by atoms with E-state index in [0.717, 1.165) is 10.0 Å². The van der Waals surface area contributed by atoms with Gasteiger partial charge in [0.2, 0.25) is 0 Å². The number of benzene rings is 1. The average molecular weight is 316 g/mol. The second-order valence-corrected chi connectivity index (χ2v) is 4.92. The Morgan fingerprint density at radius 3 is 2.50 bits per heavy atom. The van der Waals surface area contributed by atoms with Gasteiger partial charge in [-0.3, -0.25) is 4.79 Å². The Kier molecular flexibility index (Phi) is 4.86. The summed E-state index contributed by atoms with van der Waals surface area (Å²) in [6.07, 6.45) is -1.62. The van der Waals surface area contributed by atoms with Crippen molar-refractivity contribution in [2.75, 3.05) is 0 Å². The van der Waals surface area contributed by atoms with Crippen molar-refractivity contribution < 1.29 is 19.8 Å². The van der Waals surface area contributed by atoms with Crippen LogP contribution in [-0.4, -0.2) is 34.2 Å². The number of carboxylic acids is 1. The maximum absolute atomic E-state index is 11.9. The molecule has 0 bridgehead atoms. The molecule has 0 aliphatic heterocycles. The molecule has 6 heteroatoms. The van der Waals surface area contributed by atoms with Crippen LogP contribution in [0.2, 0.25) is 0 Å². The highest BCUT2D eigenvalue weighted by Gasteiger charge is 2.23. The summed E-state index contributed by atoms with van der Waals surface area (Å²) in [7, 11) is 0. The normalized spacial score (nSPS) is 13.8. The number of nitrogens with one attached hydrogen (secondary N) is 1. The van der Waals surface area contributed by atoms with Crippen molar-refractivity contribution >= 4 is 27.8 Å². The first-order valence-corrected chi connectivity index (χ1v) is 6.10. The molecule has 0 aromatic heterocycles. The number of aliphatic hydroxyl groups is 1. The lowest BCUT2D eigenvalue weighted by atomic mass is 10.1. The van der Waals surface area contributed by atoms with E-state index in [4.69, 9.17) is 5.11 Å². The highest BCUT2D eigenvalue weighted by Crippen LogP contribution is 2.16. The molecule has 2 atom stereocenters. The van der Waals surface area contributed by atoms with Crippen LogP contribution in [0.15, 0.2) is 22.7 Å². The van der Waals surface area contributed by atoms with E-state index in [1.807, 2.05) is 0 Å². The summed E-state index contributed by atoms with van der Waals surface area (Å²) in [6, 6.07) is 4.28. The molecule has 1 amide bonds. The molecule has 0 aliphatic rings. The summed E-state index contributed by atoms with van der Waals surface area (Å²) in [5.41, 5.74) is 1.21. The summed E-state index contributed by atoms with van der Waals surface area (Å²) in [4.78, 5) is 22.4. The molecule has 0 spiro atoms. The Hall–Kier alpha value is -1.40. The van der Waals surface area contributed by atoms with E-state index in [1.54, 1.807) is 25.1 Å². The van der Waals surface area contributed by atoms with Gasteiger partial charge in [-0.15, -0.1) is 0 Å². The largest absolute Gasteiger partial charge is 0.479 e. The fourth-order valence-corrected chi connectivity index (χ4v) is 1.93. The number of aryl methyl sites for hydroxylation is 1. The Balaban J connectivity index is 2.79. The molecule has 0 saturated carbocycles. The van der Waals surface area contributed by atoms with Crippen molar-refractivity contribution in [3.05, 3.63) is 33.8 Å². The molecule has 2 unspecified atom stereocenters. The van der Waals surface area contributed by atoms with Gasteiger partial charge in [0.15, 0.2) is 6.10 Å². The van der Waals surface area contributed by atoms with Crippen molar-refractivity contribution in [3.63, 3.8) is 0 Å². The van der Waals surface area contributed by atoms with Gasteiger partial charge in [0.25, 0.3) is 5.91 Å². The van der Waals surface area contributed by atoms with Gasteiger partial charge in [-0.05, 0) is 37.6 Å². The van der Waals surface area contributed by atoms with Gasteiger partial charge in [0.1, 0.15) is 0 Å². The summed E-state index contributed by atoms with van der Waals surface area (Å²) < 4.78 is 0.857. The summed E-state index contributed by atoms with van der Waals surface area (Å²) >= 11 is 3.29. The van der Waals surface area contributed by atoms with Gasteiger partial charge in [0.05, 0.1) is 6.04 Å². The highest BCUT2D eigenvalue weighted by molar-refractivity contribution is 9.10. The molecule has 3 N–H and O–H groups in total. The molecular formula is C12H14BrNO4. The summed E-state index contributed by atoms with van der Waals surface area (Å²) in [5.74, 6) is -1.77. The third-order valence-electron chi connectivity index (χ3n) is 2.52. The maximum atomic E-state index is 11.9. The molecule has 18 heavy (non-hydrogen) atoms. The van der Waals surface area contributed by atoms with Crippen LogP contribution in [0.3, 0.4) is 0 Å². The first-order valence-electron chi connectivity index (χ1n) is 5.31. The fraction of sp³-hybridized carbons (Fsp3) is 0.333. The molecule has 0 heterocycles. The maximum Gasteiger partial charge on any atom is 0.334 e. The quantitative estimate of drug-likeness (QED) is 0.782. The minimum Gasteiger partial charge on any atom is -0.479 e. The monoisotopic (exact) mass is 315 g/mol. The van der Waals surface area contributed by atoms with Gasteiger partial charge in [-0.2, -0.15) is 0 Å². The van der Waals surface area contributed by atoms with Crippen molar-refractivity contribution in [2.45, 2.75) is 26.0 Å². The first-order chi connectivity index (χ1) is 8.32. The molecule has 0 fully saturated rings. The number of carbonyl (C=O) groups excluding carboxylic acids is 1. The second kappa shape index (κ2) is 5.97. The van der Waals surface area contributed by atoms with E-state index in [0.29, 0.717) is 5.56 Å². The zero-order valence-electron chi connectivity index (χ0n) is 9.98. The van der Waals surface area contributed by atoms with Crippen LogP contribution in [0.25, 0.3) is 0 Å². The number of aliphatic carboxylic acids is 1. The number of hydrogen-bond acceptors (Lipinski definition) is 3. The summed E-state index contributed by atoms with van der Waals surface area (Å²) in [6.45, 7) is 3.21. The van der Waals surface area contributed by atoms with E-state index in [9.17, 15) is 14.7 Å². The number of hydrogen-bond donors (Lipinski definition) is 3. The smallest absolute Gasteiger partial charge is 0.334 e. The zero-order chi connectivity index (χ0) is 13.9. The third-order valence-corrected chi connectivity index (χ3v) is 3.01. The van der Waals surface area contributed by atoms with E-state index >= 15 is 0 Å². The van der Waals surface area contributed by atoms with Crippen molar-refractivity contribution in [1.82, 2.24) is 5.32 Å². The Labute approximate surface area is 113 Å². The predicted molar refractivity (Wildman–Crippen MR) is 69.4 cm³/mol. The molecule has 0 aliphatic carbocycles. The molecule has 0 saturated heterocycles. The van der Waals surface area contributed by atoms with E-state index < -0.39 is 24.0 Å². The molecule has 1 rings (SSSR count). The number of carbonyl (C=O) groups is 2. The lowest BCUT2D eigenvalue weighted by molar-refractivity contribution is -0.147. The first kappa shape index (κ1) is 14.7. The lowest BCUT2D eigenvalue weighted by Crippen LogP contribution is -2.45. The molecule has 98 valence electrons. The standard InChI is InChI=1S/C12H14BrNO4/c1-6-5-8(13)3-4-9(6)11(16)14-7(2)10(15)12(17)18/h3-5,7,10,15H,1-2H3,(H,14,16)(H,17,18). The summed E-state index contributed by atoms with van der Waals surface area (Å²) in [5, 5.41) is 20.4. The van der Waals surface area contributed by atoms with Crippen molar-refractivity contribution in [3.8, 4) is 0 Å². The van der Waals surface area contributed by atoms with E-state index in [2.05, 4.69) is 21.2 Å². The SMILES string of the molecule is Cc1cc(Br)ccc1C(=O)NC(C)C(O)C(=O)O. The van der Waals surface area contributed by atoms with Crippen LogP contribution in [0, 0.1) is 6.92 Å². The van der Waals surface area contributed by atoms with Crippen molar-refractivity contribution in [1.29, 1.82) is 0 Å². The third kappa shape index (κ3) is 3.54. The predicted octanol–water partition coefficient (Wildman–Crippen LogP) is 1.32. The second-order valence-electron chi connectivity index (χ2n) is 4.00. The Morgan fingerprint density at radius 2 is 2.00 bits per heavy atom. The average Bonchev–Trinajstić information content (AvgIpc) is 2.27. The zero-order valence-corrected chi connectivity index (χ0v) is 11.6. The Morgan fingerprint density at radius 1 is 1.39 bits per heavy atom. The van der Waals surface area contributed by atoms with Crippen LogP contribution < -0.4 is 5.32 Å². The fourth-order valence-electron chi connectivity index (χ4n) is 1.46. The molecule has 5 nitrogen and oxygen atoms in total. The van der Waals surface area contributed by atoms with E-state index in [-0.39, 0.29) is 0 Å². The van der Waals surface area contributed by atoms with Gasteiger partial charge >= 0.3 is 5.97 Å². The minimum absolute atomic E-state index is 0.409.